The molecule has 0 fully saturated rings. The third-order valence-electron chi connectivity index (χ3n) is 12.9. The maximum Gasteiger partial charge on any atom is 0.160 e. The summed E-state index contributed by atoms with van der Waals surface area (Å²) in [6, 6.07) is 72.3. The topological polar surface area (TPSA) is 61.9 Å². The minimum absolute atomic E-state index is 0.640. The molecule has 0 spiro atoms. The molecular formula is C58H34N4O2. The highest BCUT2D eigenvalue weighted by molar-refractivity contribution is 6.26. The van der Waals surface area contributed by atoms with E-state index in [4.69, 9.17) is 18.8 Å². The number of furan rings is 2. The van der Waals surface area contributed by atoms with Gasteiger partial charge in [-0.1, -0.05) is 133 Å². The second-order valence-electron chi connectivity index (χ2n) is 16.5. The van der Waals surface area contributed by atoms with Crippen molar-refractivity contribution in [3.63, 3.8) is 0 Å². The number of aromatic nitrogens is 4. The molecule has 0 aliphatic rings. The second kappa shape index (κ2) is 13.4. The molecule has 6 nitrogen and oxygen atoms in total. The van der Waals surface area contributed by atoms with Gasteiger partial charge in [-0.15, -0.1) is 0 Å². The molecule has 0 atom stereocenters. The van der Waals surface area contributed by atoms with E-state index in [9.17, 15) is 0 Å². The van der Waals surface area contributed by atoms with Gasteiger partial charge in [0.2, 0.25) is 0 Å². The van der Waals surface area contributed by atoms with Crippen LogP contribution in [0.2, 0.25) is 0 Å². The molecule has 5 aromatic heterocycles. The fourth-order valence-electron chi connectivity index (χ4n) is 10.1. The number of nitrogens with zero attached hydrogens (tertiary/aromatic N) is 4. The highest BCUT2D eigenvalue weighted by Gasteiger charge is 2.24. The Hall–Kier alpha value is -8.74. The Balaban J connectivity index is 1.09. The molecule has 0 radical (unpaired) electrons. The normalized spacial score (nSPS) is 12.1. The van der Waals surface area contributed by atoms with Crippen molar-refractivity contribution in [3.8, 4) is 45.3 Å². The van der Waals surface area contributed by atoms with Crippen LogP contribution in [0.15, 0.2) is 215 Å². The number of benzene rings is 9. The largest absolute Gasteiger partial charge is 0.455 e. The Kier molecular flexibility index (Phi) is 7.30. The average molecular weight is 819 g/mol. The van der Waals surface area contributed by atoms with E-state index in [1.165, 1.54) is 21.5 Å². The number of rotatable bonds is 5. The summed E-state index contributed by atoms with van der Waals surface area (Å²) in [5.41, 5.74) is 14.1. The van der Waals surface area contributed by atoms with Gasteiger partial charge in [0, 0.05) is 65.8 Å². The van der Waals surface area contributed by atoms with Crippen molar-refractivity contribution < 1.29 is 8.83 Å². The predicted octanol–water partition coefficient (Wildman–Crippen LogP) is 15.5. The van der Waals surface area contributed by atoms with Crippen LogP contribution >= 0.6 is 0 Å². The van der Waals surface area contributed by atoms with E-state index in [1.54, 1.807) is 0 Å². The van der Waals surface area contributed by atoms with E-state index in [1.807, 2.05) is 36.4 Å². The van der Waals surface area contributed by atoms with Crippen molar-refractivity contribution in [1.82, 2.24) is 19.1 Å². The van der Waals surface area contributed by atoms with Gasteiger partial charge in [-0.3, -0.25) is 0 Å². The molecule has 298 valence electrons. The SMILES string of the molecule is c1ccc(-c2cc(-c3cc4c5cc(-n6c7ccccc7c7ccccc76)ccc5oc4c4c3oc3ccc(-n5c6ccccc6c6ccccc65)cc34)nc(-c3ccccc3)n2)cc1. The maximum absolute atomic E-state index is 7.03. The van der Waals surface area contributed by atoms with Gasteiger partial charge in [-0.25, -0.2) is 9.97 Å². The molecule has 5 heterocycles. The minimum atomic E-state index is 0.640. The van der Waals surface area contributed by atoms with E-state index in [0.717, 1.165) is 99.8 Å². The molecular weight excluding hydrogens is 785 g/mol. The van der Waals surface area contributed by atoms with Gasteiger partial charge in [0.05, 0.1) is 38.8 Å². The minimum Gasteiger partial charge on any atom is -0.455 e. The number of hydrogen-bond acceptors (Lipinski definition) is 4. The zero-order valence-corrected chi connectivity index (χ0v) is 34.2. The molecule has 0 aliphatic heterocycles. The van der Waals surface area contributed by atoms with Crippen molar-refractivity contribution in [2.75, 3.05) is 0 Å². The summed E-state index contributed by atoms with van der Waals surface area (Å²) in [6.45, 7) is 0. The van der Waals surface area contributed by atoms with E-state index in [-0.39, 0.29) is 0 Å². The van der Waals surface area contributed by atoms with Crippen molar-refractivity contribution >= 4 is 87.5 Å². The monoisotopic (exact) mass is 818 g/mol. The molecule has 0 saturated heterocycles. The summed E-state index contributed by atoms with van der Waals surface area (Å²) in [5, 5.41) is 8.71. The molecule has 0 N–H and O–H groups in total. The Morgan fingerprint density at radius 2 is 0.781 bits per heavy atom. The van der Waals surface area contributed by atoms with Gasteiger partial charge in [0.1, 0.15) is 22.3 Å². The van der Waals surface area contributed by atoms with Crippen molar-refractivity contribution in [2.24, 2.45) is 0 Å². The van der Waals surface area contributed by atoms with E-state index < -0.39 is 0 Å². The summed E-state index contributed by atoms with van der Waals surface area (Å²) < 4.78 is 18.8. The number of para-hydroxylation sites is 4. The van der Waals surface area contributed by atoms with Crippen molar-refractivity contribution in [3.05, 3.63) is 206 Å². The Bertz CT molecular complexity index is 4030. The van der Waals surface area contributed by atoms with Crippen LogP contribution < -0.4 is 0 Å². The average Bonchev–Trinajstić information content (AvgIpc) is 4.11. The summed E-state index contributed by atoms with van der Waals surface area (Å²) in [7, 11) is 0. The Morgan fingerprint density at radius 1 is 0.328 bits per heavy atom. The quantitative estimate of drug-likeness (QED) is 0.174. The third kappa shape index (κ3) is 5.08. The standard InChI is InChI=1S/C58H34N4O2/c1-3-15-35(16-4-1)47-34-48(60-58(59-47)36-17-5-2-6-18-36)45-33-44-43-31-37(61-49-23-11-7-19-39(49)40-20-8-12-24-50(40)61)27-29-53(43)63-56(44)55-46-32-38(28-30-54(46)64-57(45)55)62-51-25-13-9-21-41(51)42-22-10-14-26-52(42)62/h1-34H. The van der Waals surface area contributed by atoms with Crippen molar-refractivity contribution in [1.29, 1.82) is 0 Å². The highest BCUT2D eigenvalue weighted by Crippen LogP contribution is 2.46. The second-order valence-corrected chi connectivity index (χ2v) is 16.5. The lowest BCUT2D eigenvalue weighted by Gasteiger charge is -2.10. The molecule has 0 bridgehead atoms. The molecule has 0 aliphatic carbocycles. The molecule has 0 amide bonds. The molecule has 6 heteroatoms. The van der Waals surface area contributed by atoms with E-state index >= 15 is 0 Å². The van der Waals surface area contributed by atoms with Crippen LogP contribution in [-0.2, 0) is 0 Å². The predicted molar refractivity (Wildman–Crippen MR) is 262 cm³/mol. The first-order valence-corrected chi connectivity index (χ1v) is 21.6. The van der Waals surface area contributed by atoms with Crippen LogP contribution in [0.1, 0.15) is 0 Å². The third-order valence-corrected chi connectivity index (χ3v) is 12.9. The summed E-state index contributed by atoms with van der Waals surface area (Å²) >= 11 is 0. The fourth-order valence-corrected chi connectivity index (χ4v) is 10.1. The number of fused-ring (bicyclic) bond motifs is 13. The zero-order valence-electron chi connectivity index (χ0n) is 34.2. The van der Waals surface area contributed by atoms with Crippen LogP contribution in [0.4, 0.5) is 0 Å². The van der Waals surface area contributed by atoms with Crippen LogP contribution in [0.25, 0.3) is 133 Å². The highest BCUT2D eigenvalue weighted by atomic mass is 16.3. The first-order valence-electron chi connectivity index (χ1n) is 21.6. The maximum atomic E-state index is 7.03. The van der Waals surface area contributed by atoms with E-state index in [0.29, 0.717) is 11.4 Å². The Morgan fingerprint density at radius 3 is 1.34 bits per heavy atom. The van der Waals surface area contributed by atoms with Crippen LogP contribution in [0.3, 0.4) is 0 Å². The smallest absolute Gasteiger partial charge is 0.160 e. The summed E-state index contributed by atoms with van der Waals surface area (Å²) in [4.78, 5) is 10.5. The van der Waals surface area contributed by atoms with Gasteiger partial charge in [0.25, 0.3) is 0 Å². The first kappa shape index (κ1) is 34.9. The molecule has 0 unspecified atom stereocenters. The van der Waals surface area contributed by atoms with Crippen LogP contribution in [0.5, 0.6) is 0 Å². The zero-order chi connectivity index (χ0) is 41.9. The Labute approximate surface area is 365 Å². The fraction of sp³-hybridized carbons (Fsp3) is 0. The van der Waals surface area contributed by atoms with Gasteiger partial charge in [-0.05, 0) is 72.8 Å². The lowest BCUT2D eigenvalue weighted by molar-refractivity contribution is 0.663. The molecule has 0 saturated carbocycles. The lowest BCUT2D eigenvalue weighted by Crippen LogP contribution is -1.96. The van der Waals surface area contributed by atoms with Crippen LogP contribution in [0, 0.1) is 0 Å². The van der Waals surface area contributed by atoms with Gasteiger partial charge in [0.15, 0.2) is 5.82 Å². The molecule has 14 rings (SSSR count). The number of hydrogen-bond donors (Lipinski definition) is 0. The lowest BCUT2D eigenvalue weighted by atomic mass is 10.00. The molecule has 9 aromatic carbocycles. The summed E-state index contributed by atoms with van der Waals surface area (Å²) in [6.07, 6.45) is 0. The van der Waals surface area contributed by atoms with E-state index in [2.05, 4.69) is 179 Å². The van der Waals surface area contributed by atoms with Crippen LogP contribution in [-0.4, -0.2) is 19.1 Å². The molecule has 14 aromatic rings. The van der Waals surface area contributed by atoms with Gasteiger partial charge in [-0.2, -0.15) is 0 Å². The van der Waals surface area contributed by atoms with Gasteiger partial charge < -0.3 is 18.0 Å². The molecule has 64 heavy (non-hydrogen) atoms. The summed E-state index contributed by atoms with van der Waals surface area (Å²) in [5.74, 6) is 0.640. The van der Waals surface area contributed by atoms with Crippen molar-refractivity contribution in [2.45, 2.75) is 0 Å². The first-order chi connectivity index (χ1) is 31.7. The van der Waals surface area contributed by atoms with Gasteiger partial charge >= 0.3 is 0 Å².